The second-order valence-electron chi connectivity index (χ2n) is 10.3. The van der Waals surface area contributed by atoms with Crippen LogP contribution in [0.1, 0.15) is 17.5 Å². The Hall–Kier alpha value is -5.66. The van der Waals surface area contributed by atoms with Gasteiger partial charge in [-0.2, -0.15) is 34.4 Å². The summed E-state index contributed by atoms with van der Waals surface area (Å²) in [5.41, 5.74) is -3.52. The van der Waals surface area contributed by atoms with E-state index in [9.17, 15) is 78.3 Å². The van der Waals surface area contributed by atoms with E-state index in [1.807, 2.05) is 0 Å². The zero-order valence-corrected chi connectivity index (χ0v) is 28.1. The predicted molar refractivity (Wildman–Crippen MR) is 158 cm³/mol. The fourth-order valence-corrected chi connectivity index (χ4v) is 5.73. The fraction of sp³-hybridized carbons (Fsp3) is 0.133. The first-order valence-corrected chi connectivity index (χ1v) is 17.1. The van der Waals surface area contributed by atoms with Crippen LogP contribution in [0.4, 0.5) is 61.5 Å². The van der Waals surface area contributed by atoms with Gasteiger partial charge in [0.2, 0.25) is 11.6 Å². The molecule has 0 spiro atoms. The summed E-state index contributed by atoms with van der Waals surface area (Å²) in [6.45, 7) is -0.270. The average molecular weight is 861 g/mol. The van der Waals surface area contributed by atoms with Crippen LogP contribution in [0.5, 0.6) is 11.5 Å². The summed E-state index contributed by atoms with van der Waals surface area (Å²) < 4.78 is 257. The Morgan fingerprint density at radius 1 is 0.500 bits per heavy atom. The van der Waals surface area contributed by atoms with Crippen LogP contribution < -0.4 is 9.47 Å². The van der Waals surface area contributed by atoms with Gasteiger partial charge in [0, 0.05) is 17.5 Å². The van der Waals surface area contributed by atoms with Crippen LogP contribution in [0.3, 0.4) is 0 Å². The third-order valence-corrected chi connectivity index (χ3v) is 8.85. The molecular formula is C30H14F14N2O8S2. The predicted octanol–water partition coefficient (Wildman–Crippen LogP) is 7.63. The van der Waals surface area contributed by atoms with Crippen LogP contribution in [0.15, 0.2) is 68.6 Å². The average Bonchev–Trinajstić information content (AvgIpc) is 3.13. The van der Waals surface area contributed by atoms with Crippen LogP contribution in [-0.4, -0.2) is 47.9 Å². The molecule has 0 atom stereocenters. The molecule has 0 saturated carbocycles. The van der Waals surface area contributed by atoms with Crippen molar-refractivity contribution >= 4 is 31.9 Å². The SMILES string of the molecule is O=S(=O)(O/N=C(\F)c1ccc(OCCCOc2ccc(/C(=N/OS(=O)(=O)c3c(F)c(F)c(F)c(F)c3F)C(F)(F)F)cc2)cc1)c1c(F)c(F)c(F)c(F)c1F. The Balaban J connectivity index is 1.32. The third kappa shape index (κ3) is 9.23. The van der Waals surface area contributed by atoms with E-state index in [2.05, 4.69) is 18.9 Å². The first kappa shape index (κ1) is 43.1. The zero-order valence-electron chi connectivity index (χ0n) is 26.5. The van der Waals surface area contributed by atoms with Crippen molar-refractivity contribution in [3.05, 3.63) is 118 Å². The van der Waals surface area contributed by atoms with E-state index in [0.29, 0.717) is 12.1 Å². The molecule has 0 unspecified atom stereocenters. The first-order valence-electron chi connectivity index (χ1n) is 14.2. The zero-order chi connectivity index (χ0) is 41.9. The van der Waals surface area contributed by atoms with Gasteiger partial charge < -0.3 is 9.47 Å². The molecule has 0 aliphatic rings. The second-order valence-corrected chi connectivity index (χ2v) is 13.2. The quantitative estimate of drug-likeness (QED) is 0.0316. The number of alkyl halides is 3. The molecule has 26 heteroatoms. The molecule has 4 rings (SSSR count). The van der Waals surface area contributed by atoms with Crippen LogP contribution >= 0.6 is 0 Å². The molecular weight excluding hydrogens is 846 g/mol. The molecule has 56 heavy (non-hydrogen) atoms. The third-order valence-electron chi connectivity index (χ3n) is 6.60. The van der Waals surface area contributed by atoms with Crippen LogP contribution in [0.25, 0.3) is 0 Å². The van der Waals surface area contributed by atoms with Gasteiger partial charge in [-0.15, -0.1) is 0 Å². The van der Waals surface area contributed by atoms with E-state index in [-0.39, 0.29) is 31.1 Å². The van der Waals surface area contributed by atoms with E-state index < -0.39 is 117 Å². The molecule has 0 N–H and O–H groups in total. The van der Waals surface area contributed by atoms with Crippen LogP contribution in [-0.2, 0) is 28.8 Å². The lowest BCUT2D eigenvalue weighted by Gasteiger charge is -2.12. The van der Waals surface area contributed by atoms with Gasteiger partial charge in [0.25, 0.3) is 5.97 Å². The molecule has 0 aromatic heterocycles. The minimum Gasteiger partial charge on any atom is -0.493 e. The molecule has 0 bridgehead atoms. The van der Waals surface area contributed by atoms with Gasteiger partial charge in [-0.3, -0.25) is 8.57 Å². The number of oxime groups is 2. The monoisotopic (exact) mass is 860 g/mol. The van der Waals surface area contributed by atoms with E-state index in [1.165, 1.54) is 0 Å². The molecule has 0 radical (unpaired) electrons. The Morgan fingerprint density at radius 3 is 1.18 bits per heavy atom. The molecule has 4 aromatic carbocycles. The summed E-state index contributed by atoms with van der Waals surface area (Å²) in [6.07, 6.45) is -5.41. The van der Waals surface area contributed by atoms with Crippen molar-refractivity contribution in [2.75, 3.05) is 13.2 Å². The second kappa shape index (κ2) is 16.6. The molecule has 0 aliphatic carbocycles. The number of hydrogen-bond acceptors (Lipinski definition) is 10. The molecule has 4 aromatic rings. The van der Waals surface area contributed by atoms with Crippen LogP contribution in [0, 0.1) is 58.2 Å². The van der Waals surface area contributed by atoms with Crippen molar-refractivity contribution < 1.29 is 96.3 Å². The number of rotatable bonds is 14. The standard InChI is InChI=1S/C30H14F14N2O8S2/c31-16-18(33)22(37)26(23(38)19(16)34)55(47,48)53-45-28(30(42,43)44)12-2-6-14(7-3-12)51-10-1-11-52-15-8-4-13(5-9-15)29(41)46-54-56(49,50)27-24(39)20(35)17(32)21(36)25(27)40/h2-9H,1,10-11H2/b45-28-,46-29-. The summed E-state index contributed by atoms with van der Waals surface area (Å²) in [6, 6.07) is 7.36. The van der Waals surface area contributed by atoms with Crippen molar-refractivity contribution in [2.45, 2.75) is 22.4 Å². The smallest absolute Gasteiger partial charge is 0.437 e. The number of nitrogens with zero attached hydrogens (tertiary/aromatic N) is 2. The largest absolute Gasteiger partial charge is 0.493 e. The Labute approximate surface area is 303 Å². The highest BCUT2D eigenvalue weighted by Gasteiger charge is 2.40. The number of halogens is 14. The van der Waals surface area contributed by atoms with Gasteiger partial charge in [0.15, 0.2) is 62.0 Å². The highest BCUT2D eigenvalue weighted by Crippen LogP contribution is 2.31. The summed E-state index contributed by atoms with van der Waals surface area (Å²) in [7, 11) is -12.0. The fourth-order valence-electron chi connectivity index (χ4n) is 4.01. The van der Waals surface area contributed by atoms with E-state index in [0.717, 1.165) is 36.4 Å². The summed E-state index contributed by atoms with van der Waals surface area (Å²) in [5.74, 6) is -29.2. The number of hydrogen-bond donors (Lipinski definition) is 0. The first-order chi connectivity index (χ1) is 26.0. The number of benzene rings is 4. The molecule has 0 fully saturated rings. The Bertz CT molecular complexity index is 2370. The van der Waals surface area contributed by atoms with Crippen molar-refractivity contribution in [3.63, 3.8) is 0 Å². The topological polar surface area (TPSA) is 130 Å². The van der Waals surface area contributed by atoms with Crippen molar-refractivity contribution in [1.29, 1.82) is 0 Å². The molecule has 0 heterocycles. The van der Waals surface area contributed by atoms with E-state index in [4.69, 9.17) is 9.47 Å². The maximum atomic E-state index is 14.3. The maximum absolute atomic E-state index is 14.3. The molecule has 302 valence electrons. The van der Waals surface area contributed by atoms with Gasteiger partial charge >= 0.3 is 26.4 Å². The summed E-state index contributed by atoms with van der Waals surface area (Å²) >= 11 is 0. The van der Waals surface area contributed by atoms with Crippen LogP contribution in [0.2, 0.25) is 0 Å². The molecule has 0 aliphatic heterocycles. The van der Waals surface area contributed by atoms with Crippen molar-refractivity contribution in [2.24, 2.45) is 10.3 Å². The van der Waals surface area contributed by atoms with Gasteiger partial charge in [-0.1, -0.05) is 5.16 Å². The van der Waals surface area contributed by atoms with Crippen molar-refractivity contribution in [1.82, 2.24) is 0 Å². The molecule has 0 saturated heterocycles. The number of ether oxygens (including phenoxy) is 2. The van der Waals surface area contributed by atoms with Gasteiger partial charge in [-0.25, -0.2) is 43.9 Å². The lowest BCUT2D eigenvalue weighted by molar-refractivity contribution is -0.0597. The maximum Gasteiger partial charge on any atom is 0.437 e. The van der Waals surface area contributed by atoms with Gasteiger partial charge in [0.05, 0.1) is 13.2 Å². The molecule has 10 nitrogen and oxygen atoms in total. The highest BCUT2D eigenvalue weighted by molar-refractivity contribution is 7.87. The lowest BCUT2D eigenvalue weighted by Crippen LogP contribution is -2.25. The molecule has 0 amide bonds. The van der Waals surface area contributed by atoms with E-state index in [1.54, 1.807) is 0 Å². The Morgan fingerprint density at radius 2 is 0.821 bits per heavy atom. The van der Waals surface area contributed by atoms with E-state index >= 15 is 0 Å². The van der Waals surface area contributed by atoms with Gasteiger partial charge in [-0.05, 0) is 53.7 Å². The minimum atomic E-state index is -6.14. The highest BCUT2D eigenvalue weighted by atomic mass is 32.2. The minimum absolute atomic E-state index is 0.0595. The normalized spacial score (nSPS) is 12.8. The summed E-state index contributed by atoms with van der Waals surface area (Å²) in [4.78, 5) is -5.00. The Kier molecular flexibility index (Phi) is 12.8. The lowest BCUT2D eigenvalue weighted by atomic mass is 10.1. The summed E-state index contributed by atoms with van der Waals surface area (Å²) in [5, 5.41) is 4.84. The van der Waals surface area contributed by atoms with Gasteiger partial charge in [0.1, 0.15) is 11.5 Å². The van der Waals surface area contributed by atoms with Crippen molar-refractivity contribution in [3.8, 4) is 11.5 Å².